The summed E-state index contributed by atoms with van der Waals surface area (Å²) in [5.74, 6) is -0.800. The van der Waals surface area contributed by atoms with Gasteiger partial charge < -0.3 is 20.9 Å². The highest BCUT2D eigenvalue weighted by Gasteiger charge is 2.28. The van der Waals surface area contributed by atoms with Crippen LogP contribution in [0.5, 0.6) is 0 Å². The predicted octanol–water partition coefficient (Wildman–Crippen LogP) is -0.414. The summed E-state index contributed by atoms with van der Waals surface area (Å²) in [6, 6.07) is 7.62. The van der Waals surface area contributed by atoms with Crippen molar-refractivity contribution in [2.24, 2.45) is 11.7 Å². The second-order valence-electron chi connectivity index (χ2n) is 6.64. The topological polar surface area (TPSA) is 96.9 Å². The Morgan fingerprint density at radius 2 is 2.04 bits per heavy atom. The summed E-state index contributed by atoms with van der Waals surface area (Å²) in [6.07, 6.45) is 3.47. The average molecular weight is 380 g/mol. The highest BCUT2D eigenvalue weighted by Crippen LogP contribution is 2.24. The van der Waals surface area contributed by atoms with Gasteiger partial charge in [-0.15, -0.1) is 11.8 Å². The lowest BCUT2D eigenvalue weighted by atomic mass is 9.97. The van der Waals surface area contributed by atoms with E-state index in [1.54, 1.807) is 16.7 Å². The number of carbonyl (C=O) groups excluding carboxylic acids is 3. The SMILES string of the molecule is CSc1ccccc1NC(=O)C[NH+](C)CC(=O)N1CCC[C@@H](C(N)=O)C1. The quantitative estimate of drug-likeness (QED) is 0.561. The van der Waals surface area contributed by atoms with Crippen LogP contribution < -0.4 is 16.0 Å². The fourth-order valence-electron chi connectivity index (χ4n) is 3.08. The number of primary amides is 1. The largest absolute Gasteiger partial charge is 0.369 e. The summed E-state index contributed by atoms with van der Waals surface area (Å²) in [6.45, 7) is 1.43. The van der Waals surface area contributed by atoms with Gasteiger partial charge >= 0.3 is 0 Å². The fraction of sp³-hybridized carbons (Fsp3) is 0.500. The summed E-state index contributed by atoms with van der Waals surface area (Å²) in [5, 5.41) is 2.90. The Morgan fingerprint density at radius 3 is 2.73 bits per heavy atom. The molecular formula is C18H27N4O3S+. The molecule has 1 aromatic rings. The molecule has 142 valence electrons. The summed E-state index contributed by atoms with van der Waals surface area (Å²) >= 11 is 1.57. The number of nitrogens with zero attached hydrogens (tertiary/aromatic N) is 1. The maximum absolute atomic E-state index is 12.4. The minimum atomic E-state index is -0.352. The van der Waals surface area contributed by atoms with E-state index in [-0.39, 0.29) is 36.7 Å². The average Bonchev–Trinajstić information content (AvgIpc) is 2.61. The van der Waals surface area contributed by atoms with Crippen molar-refractivity contribution >= 4 is 35.2 Å². The van der Waals surface area contributed by atoms with Crippen molar-refractivity contribution in [3.8, 4) is 0 Å². The fourth-order valence-corrected chi connectivity index (χ4v) is 3.64. The second-order valence-corrected chi connectivity index (χ2v) is 7.49. The monoisotopic (exact) mass is 379 g/mol. The van der Waals surface area contributed by atoms with Gasteiger partial charge in [0, 0.05) is 18.0 Å². The number of amides is 3. The number of rotatable bonds is 7. The smallest absolute Gasteiger partial charge is 0.279 e. The van der Waals surface area contributed by atoms with Crippen molar-refractivity contribution in [2.75, 3.05) is 44.8 Å². The van der Waals surface area contributed by atoms with Crippen LogP contribution in [-0.4, -0.2) is 62.1 Å². The molecule has 3 amide bonds. The number of nitrogens with one attached hydrogen (secondary N) is 2. The van der Waals surface area contributed by atoms with Crippen molar-refractivity contribution in [3.63, 3.8) is 0 Å². The molecule has 0 radical (unpaired) electrons. The van der Waals surface area contributed by atoms with Crippen molar-refractivity contribution in [2.45, 2.75) is 17.7 Å². The number of likely N-dealkylation sites (N-methyl/N-ethyl adjacent to an activating group) is 1. The summed E-state index contributed by atoms with van der Waals surface area (Å²) in [4.78, 5) is 39.5. The van der Waals surface area contributed by atoms with Gasteiger partial charge in [0.25, 0.3) is 11.8 Å². The van der Waals surface area contributed by atoms with Crippen molar-refractivity contribution in [3.05, 3.63) is 24.3 Å². The van der Waals surface area contributed by atoms with Crippen LogP contribution >= 0.6 is 11.8 Å². The van der Waals surface area contributed by atoms with E-state index in [1.165, 1.54) is 0 Å². The first-order chi connectivity index (χ1) is 12.4. The molecule has 0 saturated carbocycles. The van der Waals surface area contributed by atoms with Gasteiger partial charge in [-0.25, -0.2) is 0 Å². The van der Waals surface area contributed by atoms with Crippen LogP contribution in [0, 0.1) is 5.92 Å². The summed E-state index contributed by atoms with van der Waals surface area (Å²) < 4.78 is 0. The van der Waals surface area contributed by atoms with Gasteiger partial charge in [0.2, 0.25) is 5.91 Å². The number of piperidine rings is 1. The zero-order valence-electron chi connectivity index (χ0n) is 15.3. The van der Waals surface area contributed by atoms with E-state index in [1.807, 2.05) is 37.6 Å². The van der Waals surface area contributed by atoms with Crippen LogP contribution in [0.2, 0.25) is 0 Å². The van der Waals surface area contributed by atoms with E-state index in [2.05, 4.69) is 5.32 Å². The molecule has 1 heterocycles. The van der Waals surface area contributed by atoms with Crippen LogP contribution in [0.25, 0.3) is 0 Å². The van der Waals surface area contributed by atoms with Gasteiger partial charge in [0.05, 0.1) is 18.7 Å². The van der Waals surface area contributed by atoms with E-state index in [9.17, 15) is 14.4 Å². The molecular weight excluding hydrogens is 352 g/mol. The molecule has 0 bridgehead atoms. The molecule has 1 aliphatic rings. The Bertz CT molecular complexity index is 668. The molecule has 0 aromatic heterocycles. The lowest BCUT2D eigenvalue weighted by Crippen LogP contribution is -3.11. The minimum Gasteiger partial charge on any atom is -0.369 e. The number of para-hydroxylation sites is 1. The molecule has 1 unspecified atom stereocenters. The van der Waals surface area contributed by atoms with E-state index >= 15 is 0 Å². The number of hydrogen-bond donors (Lipinski definition) is 3. The number of hydrogen-bond acceptors (Lipinski definition) is 4. The Labute approximate surface area is 158 Å². The second kappa shape index (κ2) is 9.59. The molecule has 1 fully saturated rings. The van der Waals surface area contributed by atoms with E-state index < -0.39 is 0 Å². The van der Waals surface area contributed by atoms with Gasteiger partial charge in [0.15, 0.2) is 13.1 Å². The third kappa shape index (κ3) is 5.74. The molecule has 0 spiro atoms. The zero-order valence-corrected chi connectivity index (χ0v) is 16.1. The molecule has 26 heavy (non-hydrogen) atoms. The Hall–Kier alpha value is -2.06. The maximum Gasteiger partial charge on any atom is 0.279 e. The molecule has 1 aliphatic heterocycles. The number of quaternary nitrogens is 1. The molecule has 2 atom stereocenters. The van der Waals surface area contributed by atoms with Crippen molar-refractivity contribution < 1.29 is 19.3 Å². The first kappa shape index (κ1) is 20.3. The first-order valence-electron chi connectivity index (χ1n) is 8.72. The van der Waals surface area contributed by atoms with Gasteiger partial charge in [-0.2, -0.15) is 0 Å². The van der Waals surface area contributed by atoms with Gasteiger partial charge in [0.1, 0.15) is 0 Å². The number of nitrogens with two attached hydrogens (primary N) is 1. The Balaban J connectivity index is 1.83. The van der Waals surface area contributed by atoms with Crippen LogP contribution in [0.15, 0.2) is 29.2 Å². The zero-order chi connectivity index (χ0) is 19.1. The molecule has 4 N–H and O–H groups in total. The van der Waals surface area contributed by atoms with Gasteiger partial charge in [-0.1, -0.05) is 12.1 Å². The van der Waals surface area contributed by atoms with E-state index in [0.717, 1.165) is 28.3 Å². The van der Waals surface area contributed by atoms with E-state index in [4.69, 9.17) is 5.73 Å². The number of anilines is 1. The third-order valence-electron chi connectivity index (χ3n) is 4.47. The van der Waals surface area contributed by atoms with Crippen LogP contribution in [0.4, 0.5) is 5.69 Å². The standard InChI is InChI=1S/C18H26N4O3S/c1-21(11-16(23)20-14-7-3-4-8-15(14)26-2)12-17(24)22-9-5-6-13(10-22)18(19)25/h3-4,7-8,13H,5-6,9-12H2,1-2H3,(H2,19,25)(H,20,23)/p+1/t13-/m1/s1. The number of benzene rings is 1. The molecule has 1 aromatic carbocycles. The number of carbonyl (C=O) groups is 3. The Kier molecular flexibility index (Phi) is 7.47. The van der Waals surface area contributed by atoms with Gasteiger partial charge in [-0.3, -0.25) is 14.4 Å². The lowest BCUT2D eigenvalue weighted by Gasteiger charge is -2.31. The minimum absolute atomic E-state index is 0.0502. The highest BCUT2D eigenvalue weighted by molar-refractivity contribution is 7.98. The van der Waals surface area contributed by atoms with Gasteiger partial charge in [-0.05, 0) is 31.2 Å². The van der Waals surface area contributed by atoms with E-state index in [0.29, 0.717) is 13.1 Å². The van der Waals surface area contributed by atoms with Crippen LogP contribution in [-0.2, 0) is 14.4 Å². The highest BCUT2D eigenvalue weighted by atomic mass is 32.2. The third-order valence-corrected chi connectivity index (χ3v) is 5.27. The molecule has 0 aliphatic carbocycles. The number of likely N-dealkylation sites (tertiary alicyclic amines) is 1. The summed E-state index contributed by atoms with van der Waals surface area (Å²) in [5.41, 5.74) is 6.14. The van der Waals surface area contributed by atoms with Crippen LogP contribution in [0.3, 0.4) is 0 Å². The predicted molar refractivity (Wildman–Crippen MR) is 102 cm³/mol. The van der Waals surface area contributed by atoms with Crippen molar-refractivity contribution in [1.82, 2.24) is 4.90 Å². The molecule has 2 rings (SSSR count). The van der Waals surface area contributed by atoms with Crippen molar-refractivity contribution in [1.29, 1.82) is 0 Å². The molecule has 7 nitrogen and oxygen atoms in total. The Morgan fingerprint density at radius 1 is 1.31 bits per heavy atom. The van der Waals surface area contributed by atoms with Crippen LogP contribution in [0.1, 0.15) is 12.8 Å². The maximum atomic E-state index is 12.4. The lowest BCUT2D eigenvalue weighted by molar-refractivity contribution is -0.862. The molecule has 1 saturated heterocycles. The summed E-state index contributed by atoms with van der Waals surface area (Å²) in [7, 11) is 1.81. The normalized spacial score (nSPS) is 18.2. The molecule has 8 heteroatoms. The number of thioether (sulfide) groups is 1. The first-order valence-corrected chi connectivity index (χ1v) is 9.94.